The lowest BCUT2D eigenvalue weighted by Crippen LogP contribution is -2.14. The van der Waals surface area contributed by atoms with E-state index >= 15 is 0 Å². The smallest absolute Gasteiger partial charge is 0.234 e. The normalized spacial score (nSPS) is 10.8. The van der Waals surface area contributed by atoms with Gasteiger partial charge in [-0.15, -0.1) is 10.2 Å². The molecule has 3 aromatic rings. The second-order valence-corrected chi connectivity index (χ2v) is 7.66. The minimum atomic E-state index is -0.0967. The van der Waals surface area contributed by atoms with Crippen molar-refractivity contribution in [3.8, 4) is 11.4 Å². The van der Waals surface area contributed by atoms with Gasteiger partial charge in [-0.2, -0.15) is 0 Å². The van der Waals surface area contributed by atoms with Crippen molar-refractivity contribution >= 4 is 46.6 Å². The van der Waals surface area contributed by atoms with Crippen LogP contribution in [0.2, 0.25) is 10.0 Å². The Balaban J connectivity index is 1.71. The molecule has 0 aliphatic rings. The predicted molar refractivity (Wildman–Crippen MR) is 112 cm³/mol. The van der Waals surface area contributed by atoms with E-state index in [0.717, 1.165) is 16.8 Å². The number of nitrogens with zero attached hydrogens (tertiary/aromatic N) is 3. The first-order valence-corrected chi connectivity index (χ1v) is 10.1. The molecule has 2 aromatic carbocycles. The number of thioether (sulfide) groups is 1. The van der Waals surface area contributed by atoms with E-state index in [4.69, 9.17) is 23.2 Å². The highest BCUT2D eigenvalue weighted by molar-refractivity contribution is 7.99. The fourth-order valence-electron chi connectivity index (χ4n) is 2.51. The largest absolute Gasteiger partial charge is 0.325 e. The Morgan fingerprint density at radius 1 is 1.15 bits per heavy atom. The third-order valence-corrected chi connectivity index (χ3v) is 5.39. The second-order valence-electron chi connectivity index (χ2n) is 5.88. The molecule has 0 saturated carbocycles. The number of nitrogens with one attached hydrogen (secondary N) is 1. The van der Waals surface area contributed by atoms with Gasteiger partial charge in [0.1, 0.15) is 0 Å². The Kier molecular flexibility index (Phi) is 6.42. The third kappa shape index (κ3) is 4.83. The number of rotatable bonds is 6. The highest BCUT2D eigenvalue weighted by atomic mass is 35.5. The van der Waals surface area contributed by atoms with Crippen molar-refractivity contribution in [2.24, 2.45) is 0 Å². The third-order valence-electron chi connectivity index (χ3n) is 3.87. The monoisotopic (exact) mass is 420 g/mol. The van der Waals surface area contributed by atoms with Gasteiger partial charge in [0.05, 0.1) is 10.8 Å². The van der Waals surface area contributed by atoms with E-state index in [1.165, 1.54) is 11.8 Å². The number of halogens is 2. The first-order chi connectivity index (χ1) is 13.0. The van der Waals surface area contributed by atoms with Crippen molar-refractivity contribution in [3.05, 3.63) is 58.1 Å². The number of aromatic nitrogens is 3. The molecule has 140 valence electrons. The molecule has 27 heavy (non-hydrogen) atoms. The minimum absolute atomic E-state index is 0.0967. The molecule has 0 aliphatic carbocycles. The zero-order valence-electron chi connectivity index (χ0n) is 14.9. The molecule has 0 bridgehead atoms. The van der Waals surface area contributed by atoms with Crippen LogP contribution in [0.3, 0.4) is 0 Å². The lowest BCUT2D eigenvalue weighted by atomic mass is 10.2. The van der Waals surface area contributed by atoms with Gasteiger partial charge in [0.2, 0.25) is 5.91 Å². The predicted octanol–water partition coefficient (Wildman–Crippen LogP) is 5.31. The summed E-state index contributed by atoms with van der Waals surface area (Å²) in [5.74, 6) is 0.793. The van der Waals surface area contributed by atoms with Crippen LogP contribution in [0.25, 0.3) is 11.4 Å². The number of aryl methyl sites for hydroxylation is 1. The van der Waals surface area contributed by atoms with Gasteiger partial charge < -0.3 is 9.88 Å². The summed E-state index contributed by atoms with van der Waals surface area (Å²) in [6, 6.07) is 12.9. The van der Waals surface area contributed by atoms with Gasteiger partial charge in [0.25, 0.3) is 0 Å². The number of carbonyl (C=O) groups is 1. The van der Waals surface area contributed by atoms with E-state index in [1.807, 2.05) is 48.7 Å². The van der Waals surface area contributed by atoms with Crippen LogP contribution in [0, 0.1) is 6.92 Å². The summed E-state index contributed by atoms with van der Waals surface area (Å²) in [6.45, 7) is 4.65. The average molecular weight is 421 g/mol. The summed E-state index contributed by atoms with van der Waals surface area (Å²) in [5, 5.41) is 13.1. The lowest BCUT2D eigenvalue weighted by Gasteiger charge is -2.09. The van der Waals surface area contributed by atoms with Gasteiger partial charge in [-0.05, 0) is 44.2 Å². The molecule has 1 heterocycles. The number of hydrogen-bond donors (Lipinski definition) is 1. The van der Waals surface area contributed by atoms with Crippen molar-refractivity contribution in [1.29, 1.82) is 0 Å². The van der Waals surface area contributed by atoms with E-state index in [2.05, 4.69) is 15.5 Å². The number of amides is 1. The maximum atomic E-state index is 12.2. The minimum Gasteiger partial charge on any atom is -0.325 e. The molecule has 1 N–H and O–H groups in total. The van der Waals surface area contributed by atoms with Crippen molar-refractivity contribution in [2.45, 2.75) is 25.5 Å². The fraction of sp³-hybridized carbons (Fsp3) is 0.211. The first-order valence-electron chi connectivity index (χ1n) is 8.36. The van der Waals surface area contributed by atoms with E-state index in [9.17, 15) is 4.79 Å². The Hall–Kier alpha value is -2.02. The van der Waals surface area contributed by atoms with E-state index in [-0.39, 0.29) is 11.7 Å². The lowest BCUT2D eigenvalue weighted by molar-refractivity contribution is -0.113. The summed E-state index contributed by atoms with van der Waals surface area (Å²) in [6.07, 6.45) is 0. The highest BCUT2D eigenvalue weighted by Gasteiger charge is 2.17. The molecule has 0 fully saturated rings. The van der Waals surface area contributed by atoms with Crippen molar-refractivity contribution in [1.82, 2.24) is 14.8 Å². The van der Waals surface area contributed by atoms with Crippen LogP contribution in [0.5, 0.6) is 0 Å². The molecule has 0 saturated heterocycles. The number of carbonyl (C=O) groups excluding carboxylic acids is 1. The van der Waals surface area contributed by atoms with Gasteiger partial charge in [-0.1, -0.05) is 52.7 Å². The van der Waals surface area contributed by atoms with Crippen molar-refractivity contribution in [2.75, 3.05) is 11.1 Å². The number of anilines is 1. The topological polar surface area (TPSA) is 59.8 Å². The molecule has 1 amide bonds. The molecular formula is C19H18Cl2N4OS. The molecule has 5 nitrogen and oxygen atoms in total. The summed E-state index contributed by atoms with van der Waals surface area (Å²) in [5.41, 5.74) is 2.68. The zero-order chi connectivity index (χ0) is 19.4. The van der Waals surface area contributed by atoms with Gasteiger partial charge in [0, 0.05) is 22.8 Å². The van der Waals surface area contributed by atoms with Crippen LogP contribution in [0.1, 0.15) is 12.5 Å². The van der Waals surface area contributed by atoms with Crippen molar-refractivity contribution < 1.29 is 4.79 Å². The Morgan fingerprint density at radius 2 is 1.89 bits per heavy atom. The first kappa shape index (κ1) is 19.7. The van der Waals surface area contributed by atoms with Gasteiger partial charge >= 0.3 is 0 Å². The van der Waals surface area contributed by atoms with E-state index in [1.54, 1.807) is 12.1 Å². The number of benzene rings is 2. The van der Waals surface area contributed by atoms with Crippen LogP contribution in [0.4, 0.5) is 5.69 Å². The zero-order valence-corrected chi connectivity index (χ0v) is 17.2. The van der Waals surface area contributed by atoms with Gasteiger partial charge in [0.15, 0.2) is 11.0 Å². The quantitative estimate of drug-likeness (QED) is 0.548. The standard InChI is InChI=1S/C19H18Cl2N4OS/c1-3-25-18(15-9-6-13(20)10-16(15)21)23-24-19(25)27-11-17(26)22-14-7-4-12(2)5-8-14/h4-10H,3,11H2,1-2H3,(H,22,26). The summed E-state index contributed by atoms with van der Waals surface area (Å²) in [4.78, 5) is 12.2. The molecule has 0 aliphatic heterocycles. The second kappa shape index (κ2) is 8.78. The van der Waals surface area contributed by atoms with Gasteiger partial charge in [-0.25, -0.2) is 0 Å². The molecule has 0 unspecified atom stereocenters. The summed E-state index contributed by atoms with van der Waals surface area (Å²) in [7, 11) is 0. The molecule has 3 rings (SSSR count). The van der Waals surface area contributed by atoms with Crippen LogP contribution >= 0.6 is 35.0 Å². The Bertz CT molecular complexity index is 957. The van der Waals surface area contributed by atoms with Crippen molar-refractivity contribution in [3.63, 3.8) is 0 Å². The SMILES string of the molecule is CCn1c(SCC(=O)Nc2ccc(C)cc2)nnc1-c1ccc(Cl)cc1Cl. The summed E-state index contributed by atoms with van der Waals surface area (Å²) >= 11 is 13.6. The van der Waals surface area contributed by atoms with Crippen LogP contribution in [-0.2, 0) is 11.3 Å². The number of hydrogen-bond acceptors (Lipinski definition) is 4. The average Bonchev–Trinajstić information content (AvgIpc) is 3.04. The van der Waals surface area contributed by atoms with Crippen LogP contribution < -0.4 is 5.32 Å². The maximum Gasteiger partial charge on any atom is 0.234 e. The Morgan fingerprint density at radius 3 is 2.56 bits per heavy atom. The molecule has 0 atom stereocenters. The molecular weight excluding hydrogens is 403 g/mol. The maximum absolute atomic E-state index is 12.2. The van der Waals surface area contributed by atoms with Gasteiger partial charge in [-0.3, -0.25) is 4.79 Å². The molecule has 0 spiro atoms. The highest BCUT2D eigenvalue weighted by Crippen LogP contribution is 2.31. The fourth-order valence-corrected chi connectivity index (χ4v) is 3.81. The molecule has 1 aromatic heterocycles. The van der Waals surface area contributed by atoms with Crippen LogP contribution in [0.15, 0.2) is 47.6 Å². The summed E-state index contributed by atoms with van der Waals surface area (Å²) < 4.78 is 1.93. The van der Waals surface area contributed by atoms with E-state index in [0.29, 0.717) is 27.6 Å². The Labute approximate surface area is 172 Å². The van der Waals surface area contributed by atoms with E-state index < -0.39 is 0 Å². The molecule has 8 heteroatoms. The van der Waals surface area contributed by atoms with Crippen LogP contribution in [-0.4, -0.2) is 26.4 Å². The molecule has 0 radical (unpaired) electrons.